The highest BCUT2D eigenvalue weighted by Crippen LogP contribution is 2.35. The minimum Gasteiger partial charge on any atom is -0.350 e. The second-order valence-electron chi connectivity index (χ2n) is 12.2. The molecule has 8 heteroatoms. The zero-order valence-electron chi connectivity index (χ0n) is 24.5. The Morgan fingerprint density at radius 3 is 2.69 bits per heavy atom. The zero-order valence-corrected chi connectivity index (χ0v) is 24.5. The Morgan fingerprint density at radius 2 is 1.86 bits per heavy atom. The van der Waals surface area contributed by atoms with Crippen molar-refractivity contribution in [2.75, 3.05) is 6.54 Å². The van der Waals surface area contributed by atoms with Crippen LogP contribution >= 0.6 is 0 Å². The Morgan fingerprint density at radius 1 is 1.07 bits per heavy atom. The van der Waals surface area contributed by atoms with E-state index in [0.29, 0.717) is 25.9 Å². The highest BCUT2D eigenvalue weighted by Gasteiger charge is 2.41. The van der Waals surface area contributed by atoms with Crippen molar-refractivity contribution < 1.29 is 9.59 Å². The van der Waals surface area contributed by atoms with Gasteiger partial charge in [0.15, 0.2) is 0 Å². The average molecular weight is 565 g/mol. The van der Waals surface area contributed by atoms with E-state index in [9.17, 15) is 9.59 Å². The number of nitrogens with two attached hydrogens (primary N) is 1. The lowest BCUT2D eigenvalue weighted by Crippen LogP contribution is -2.51. The molecule has 4 aromatic rings. The van der Waals surface area contributed by atoms with Gasteiger partial charge < -0.3 is 16.0 Å². The highest BCUT2D eigenvalue weighted by atomic mass is 16.2. The summed E-state index contributed by atoms with van der Waals surface area (Å²) in [7, 11) is 1.85. The summed E-state index contributed by atoms with van der Waals surface area (Å²) in [6.45, 7) is 2.97. The van der Waals surface area contributed by atoms with Crippen LogP contribution in [0.15, 0.2) is 66.7 Å². The summed E-state index contributed by atoms with van der Waals surface area (Å²) in [4.78, 5) is 29.3. The smallest absolute Gasteiger partial charge is 0.243 e. The summed E-state index contributed by atoms with van der Waals surface area (Å²) in [6.07, 6.45) is 5.26. The van der Waals surface area contributed by atoms with Gasteiger partial charge in [-0.05, 0) is 91.7 Å². The van der Waals surface area contributed by atoms with E-state index in [2.05, 4.69) is 71.1 Å². The van der Waals surface area contributed by atoms with Gasteiger partial charge in [-0.3, -0.25) is 9.59 Å². The van der Waals surface area contributed by atoms with Gasteiger partial charge in [0.2, 0.25) is 11.8 Å². The lowest BCUT2D eigenvalue weighted by atomic mass is 9.79. The van der Waals surface area contributed by atoms with Gasteiger partial charge in [-0.1, -0.05) is 65.4 Å². The molecule has 3 aromatic carbocycles. The predicted octanol–water partition coefficient (Wildman–Crippen LogP) is 4.19. The Hall–Kier alpha value is -4.04. The normalized spacial score (nSPS) is 20.8. The number of fused-ring (bicyclic) bond motifs is 2. The van der Waals surface area contributed by atoms with Gasteiger partial charge in [0.1, 0.15) is 11.6 Å². The van der Waals surface area contributed by atoms with Crippen LogP contribution in [-0.2, 0) is 36.0 Å². The van der Waals surface area contributed by atoms with Crippen molar-refractivity contribution in [1.29, 1.82) is 0 Å². The lowest BCUT2D eigenvalue weighted by molar-refractivity contribution is -0.139. The van der Waals surface area contributed by atoms with Crippen molar-refractivity contribution in [1.82, 2.24) is 25.2 Å². The number of hydrogen-bond acceptors (Lipinski definition) is 5. The van der Waals surface area contributed by atoms with Gasteiger partial charge in [0.05, 0.1) is 11.6 Å². The number of benzene rings is 3. The van der Waals surface area contributed by atoms with Crippen molar-refractivity contribution in [3.05, 3.63) is 94.5 Å². The maximum atomic E-state index is 13.9. The summed E-state index contributed by atoms with van der Waals surface area (Å²) >= 11 is 0. The largest absolute Gasteiger partial charge is 0.350 e. The molecule has 1 aliphatic heterocycles. The molecule has 1 unspecified atom stereocenters. The molecule has 2 aliphatic rings. The Kier molecular flexibility index (Phi) is 8.07. The molecule has 0 radical (unpaired) electrons. The summed E-state index contributed by atoms with van der Waals surface area (Å²) in [5.74, 6) is 0.198. The molecule has 0 spiro atoms. The van der Waals surface area contributed by atoms with Crippen LogP contribution in [0.25, 0.3) is 11.0 Å². The zero-order chi connectivity index (χ0) is 29.2. The minimum absolute atomic E-state index is 0.120. The van der Waals surface area contributed by atoms with Crippen molar-refractivity contribution in [3.63, 3.8) is 0 Å². The van der Waals surface area contributed by atoms with E-state index >= 15 is 0 Å². The molecular formula is C34H40N6O2. The molecule has 218 valence electrons. The van der Waals surface area contributed by atoms with Crippen LogP contribution in [0.3, 0.4) is 0 Å². The molecule has 3 N–H and O–H groups in total. The number of aromatic nitrogens is 3. The maximum absolute atomic E-state index is 13.9. The van der Waals surface area contributed by atoms with Crippen molar-refractivity contribution in [3.8, 4) is 0 Å². The van der Waals surface area contributed by atoms with Crippen LogP contribution in [-0.4, -0.2) is 50.3 Å². The number of nitrogens with one attached hydrogen (secondary N) is 1. The van der Waals surface area contributed by atoms with Crippen LogP contribution in [0, 0.1) is 12.8 Å². The van der Waals surface area contributed by atoms with Crippen LogP contribution in [0.4, 0.5) is 0 Å². The molecule has 2 amide bonds. The monoisotopic (exact) mass is 564 g/mol. The van der Waals surface area contributed by atoms with Crippen LogP contribution < -0.4 is 11.1 Å². The average Bonchev–Trinajstić information content (AvgIpc) is 3.60. The molecule has 1 aromatic heterocycles. The number of carbonyl (C=O) groups is 2. The second kappa shape index (κ2) is 12.1. The summed E-state index contributed by atoms with van der Waals surface area (Å²) in [6, 6.07) is 21.7. The molecule has 0 saturated carbocycles. The fourth-order valence-corrected chi connectivity index (χ4v) is 6.84. The number of rotatable bonds is 8. The number of amides is 2. The van der Waals surface area contributed by atoms with E-state index in [0.717, 1.165) is 42.3 Å². The first-order valence-electron chi connectivity index (χ1n) is 15.1. The lowest BCUT2D eigenvalue weighted by Gasteiger charge is -2.31. The molecule has 0 bridgehead atoms. The summed E-state index contributed by atoms with van der Waals surface area (Å²) in [5.41, 5.74) is 14.4. The predicted molar refractivity (Wildman–Crippen MR) is 164 cm³/mol. The Bertz CT molecular complexity index is 1580. The summed E-state index contributed by atoms with van der Waals surface area (Å²) < 4.78 is 1.73. The Labute approximate surface area is 247 Å². The van der Waals surface area contributed by atoms with Crippen LogP contribution in [0.5, 0.6) is 0 Å². The standard InChI is InChI=1S/C34H40N6O2/c1-22-10-12-23(13-11-22)16-25-18-32(33(41)36-20-24-14-15-31-30(17-24)37-38-39(31)2)40(21-25)34(42)29(35)19-27-8-5-7-26-6-3-4-9-28(26)27/h3-4,6,9-15,17,25,27,29,32H,5,7-8,16,18-21,35H2,1-2H3,(H,36,41)/t25-,27?,29-,32+/m1/s1. The number of nitrogens with zero attached hydrogens (tertiary/aromatic N) is 4. The van der Waals surface area contributed by atoms with E-state index in [1.807, 2.05) is 25.2 Å². The first kappa shape index (κ1) is 28.1. The highest BCUT2D eigenvalue weighted by molar-refractivity contribution is 5.90. The van der Waals surface area contributed by atoms with Gasteiger partial charge in [-0.2, -0.15) is 0 Å². The topological polar surface area (TPSA) is 106 Å². The van der Waals surface area contributed by atoms with Crippen molar-refractivity contribution >= 4 is 22.8 Å². The van der Waals surface area contributed by atoms with Crippen LogP contribution in [0.2, 0.25) is 0 Å². The van der Waals surface area contributed by atoms with Gasteiger partial charge >= 0.3 is 0 Å². The van der Waals surface area contributed by atoms with E-state index in [-0.39, 0.29) is 23.7 Å². The molecular weight excluding hydrogens is 524 g/mol. The number of likely N-dealkylation sites (tertiary alicyclic amines) is 1. The third kappa shape index (κ3) is 5.95. The fourth-order valence-electron chi connectivity index (χ4n) is 6.84. The molecule has 8 nitrogen and oxygen atoms in total. The van der Waals surface area contributed by atoms with Gasteiger partial charge in [-0.15, -0.1) is 5.10 Å². The second-order valence-corrected chi connectivity index (χ2v) is 12.2. The first-order valence-corrected chi connectivity index (χ1v) is 15.1. The van der Waals surface area contributed by atoms with Gasteiger partial charge in [0, 0.05) is 20.1 Å². The third-order valence-electron chi connectivity index (χ3n) is 9.11. The SMILES string of the molecule is Cc1ccc(C[C@@H]2C[C@@H](C(=O)NCc3ccc4c(c3)nnn4C)N(C(=O)[C@H](N)CC3CCCc4ccccc43)C2)cc1. The van der Waals surface area contributed by atoms with Crippen molar-refractivity contribution in [2.24, 2.45) is 18.7 Å². The molecule has 6 rings (SSSR count). The molecule has 42 heavy (non-hydrogen) atoms. The van der Waals surface area contributed by atoms with Gasteiger partial charge in [0.25, 0.3) is 0 Å². The van der Waals surface area contributed by atoms with E-state index < -0.39 is 12.1 Å². The molecule has 1 saturated heterocycles. The molecule has 4 atom stereocenters. The molecule has 2 heterocycles. The van der Waals surface area contributed by atoms with E-state index in [1.165, 1.54) is 22.3 Å². The van der Waals surface area contributed by atoms with E-state index in [4.69, 9.17) is 5.73 Å². The quantitative estimate of drug-likeness (QED) is 0.334. The van der Waals surface area contributed by atoms with Crippen LogP contribution in [0.1, 0.15) is 59.4 Å². The van der Waals surface area contributed by atoms with Crippen molar-refractivity contribution in [2.45, 2.75) is 70.0 Å². The molecule has 1 fully saturated rings. The maximum Gasteiger partial charge on any atom is 0.243 e. The third-order valence-corrected chi connectivity index (χ3v) is 9.11. The van der Waals surface area contributed by atoms with Gasteiger partial charge in [-0.25, -0.2) is 4.68 Å². The first-order chi connectivity index (χ1) is 20.4. The molecule has 1 aliphatic carbocycles. The Balaban J connectivity index is 1.17. The number of hydrogen-bond donors (Lipinski definition) is 2. The fraction of sp³-hybridized carbons (Fsp3) is 0.412. The summed E-state index contributed by atoms with van der Waals surface area (Å²) in [5, 5.41) is 11.3. The number of aryl methyl sites for hydroxylation is 3. The van der Waals surface area contributed by atoms with E-state index in [1.54, 1.807) is 9.58 Å². The minimum atomic E-state index is -0.645. The number of carbonyl (C=O) groups excluding carboxylic acids is 2.